The monoisotopic (exact) mass is 460 g/mol. The molecule has 8 heteroatoms. The molecule has 4 nitrogen and oxygen atoms in total. The maximum Gasteiger partial charge on any atom is 0.115 e. The first kappa shape index (κ1) is 20.1. The molecule has 0 bridgehead atoms. The second-order valence-electron chi connectivity index (χ2n) is 6.12. The first-order valence-corrected chi connectivity index (χ1v) is 10.7. The molecule has 0 radical (unpaired) electrons. The Bertz CT molecular complexity index is 1030. The van der Waals surface area contributed by atoms with E-state index in [1.165, 1.54) is 0 Å². The summed E-state index contributed by atoms with van der Waals surface area (Å²) >= 11 is 21.1. The molecule has 1 aromatic heterocycles. The average molecular weight is 462 g/mol. The molecule has 0 aliphatic carbocycles. The van der Waals surface area contributed by atoms with E-state index in [4.69, 9.17) is 34.8 Å². The topological polar surface area (TPSA) is 40.5 Å². The van der Waals surface area contributed by atoms with Gasteiger partial charge < -0.3 is 0 Å². The summed E-state index contributed by atoms with van der Waals surface area (Å²) in [6, 6.07) is 17.2. The van der Waals surface area contributed by atoms with Gasteiger partial charge in [-0.05, 0) is 42.0 Å². The lowest BCUT2D eigenvalue weighted by Crippen LogP contribution is -2.34. The molecule has 2 heterocycles. The van der Waals surface area contributed by atoms with Crippen LogP contribution in [0.5, 0.6) is 0 Å². The summed E-state index contributed by atoms with van der Waals surface area (Å²) in [4.78, 5) is 8.56. The third kappa shape index (κ3) is 4.70. The van der Waals surface area contributed by atoms with Crippen LogP contribution in [0.25, 0.3) is 0 Å². The van der Waals surface area contributed by atoms with Gasteiger partial charge >= 0.3 is 0 Å². The zero-order valence-electron chi connectivity index (χ0n) is 15.0. The number of aromatic nitrogens is 1. The number of halogens is 3. The number of anilines is 1. The highest BCUT2D eigenvalue weighted by Gasteiger charge is 2.24. The minimum atomic E-state index is -0.154. The Morgan fingerprint density at radius 1 is 0.966 bits per heavy atom. The molecule has 1 N–H and O–H groups in total. The molecule has 29 heavy (non-hydrogen) atoms. The Kier molecular flexibility index (Phi) is 6.31. The fourth-order valence-corrected chi connectivity index (χ4v) is 5.00. The highest BCUT2D eigenvalue weighted by molar-refractivity contribution is 7.99. The van der Waals surface area contributed by atoms with Crippen LogP contribution >= 0.6 is 46.6 Å². The summed E-state index contributed by atoms with van der Waals surface area (Å²) in [6.07, 6.45) is 6.81. The molecule has 1 aliphatic rings. The summed E-state index contributed by atoms with van der Waals surface area (Å²) in [6.45, 7) is 0. The van der Waals surface area contributed by atoms with Gasteiger partial charge in [0.1, 0.15) is 6.34 Å². The number of nitrogens with zero attached hydrogens (tertiary/aromatic N) is 3. The van der Waals surface area contributed by atoms with Gasteiger partial charge in [-0.2, -0.15) is 0 Å². The number of thioether (sulfide) groups is 1. The number of nitrogens with one attached hydrogen (secondary N) is 1. The van der Waals surface area contributed by atoms with Crippen molar-refractivity contribution in [2.75, 3.05) is 5.01 Å². The van der Waals surface area contributed by atoms with E-state index in [-0.39, 0.29) is 5.25 Å². The lowest BCUT2D eigenvalue weighted by Gasteiger charge is -2.24. The normalized spacial score (nSPS) is 14.0. The number of hydrogen-bond acceptors (Lipinski definition) is 5. The van der Waals surface area contributed by atoms with Crippen LogP contribution < -0.4 is 10.4 Å². The Labute approximate surface area is 188 Å². The number of aliphatic imine (C=N–C) groups is 1. The van der Waals surface area contributed by atoms with Crippen LogP contribution in [0.1, 0.15) is 16.4 Å². The highest BCUT2D eigenvalue weighted by Crippen LogP contribution is 2.46. The van der Waals surface area contributed by atoms with E-state index in [1.807, 2.05) is 54.6 Å². The first-order chi connectivity index (χ1) is 14.1. The SMILES string of the molecule is Clc1ccc(C(Sc2ccccn2)c2c(Cl)cc(N3C=NC=CN3)cc2Cl)cc1. The van der Waals surface area contributed by atoms with E-state index in [0.29, 0.717) is 15.1 Å². The first-order valence-electron chi connectivity index (χ1n) is 8.67. The molecule has 1 aliphatic heterocycles. The lowest BCUT2D eigenvalue weighted by atomic mass is 10.0. The van der Waals surface area contributed by atoms with Crippen LogP contribution in [-0.2, 0) is 0 Å². The fourth-order valence-electron chi connectivity index (χ4n) is 2.87. The largest absolute Gasteiger partial charge is 0.299 e. The van der Waals surface area contributed by atoms with Gasteiger partial charge in [0.05, 0.1) is 16.0 Å². The van der Waals surface area contributed by atoms with Crippen LogP contribution in [-0.4, -0.2) is 11.3 Å². The Balaban J connectivity index is 1.76. The second kappa shape index (κ2) is 9.09. The molecule has 1 unspecified atom stereocenters. The van der Waals surface area contributed by atoms with Crippen molar-refractivity contribution in [1.29, 1.82) is 0 Å². The van der Waals surface area contributed by atoms with E-state index >= 15 is 0 Å². The van der Waals surface area contributed by atoms with Crippen LogP contribution in [0.2, 0.25) is 15.1 Å². The van der Waals surface area contributed by atoms with Crippen molar-refractivity contribution in [2.45, 2.75) is 10.3 Å². The van der Waals surface area contributed by atoms with Crippen LogP contribution in [0.4, 0.5) is 5.69 Å². The fraction of sp³-hybridized carbons (Fsp3) is 0.0476. The van der Waals surface area contributed by atoms with Crippen LogP contribution in [0.3, 0.4) is 0 Å². The molecule has 0 saturated heterocycles. The van der Waals surface area contributed by atoms with Crippen LogP contribution in [0.15, 0.2) is 83.2 Å². The summed E-state index contributed by atoms with van der Waals surface area (Å²) in [5.41, 5.74) is 5.71. The van der Waals surface area contributed by atoms with Crippen molar-refractivity contribution in [1.82, 2.24) is 10.4 Å². The number of benzene rings is 2. The standard InChI is InChI=1S/C21H15Cl3N4S/c22-15-6-4-14(5-7-15)21(29-19-3-1-2-8-26-19)20-17(23)11-16(12-18(20)24)28-13-25-9-10-27-28/h1-13,21,27H. The van der Waals surface area contributed by atoms with Gasteiger partial charge in [-0.25, -0.2) is 15.0 Å². The molecule has 0 saturated carbocycles. The van der Waals surface area contributed by atoms with E-state index < -0.39 is 0 Å². The molecule has 0 spiro atoms. The number of pyridine rings is 1. The second-order valence-corrected chi connectivity index (χ2v) is 8.50. The van der Waals surface area contributed by atoms with E-state index in [1.54, 1.807) is 41.7 Å². The van der Waals surface area contributed by atoms with Gasteiger partial charge in [-0.3, -0.25) is 5.43 Å². The summed E-state index contributed by atoms with van der Waals surface area (Å²) < 4.78 is 0. The Morgan fingerprint density at radius 2 is 1.72 bits per heavy atom. The van der Waals surface area contributed by atoms with Gasteiger partial charge in [-0.1, -0.05) is 64.8 Å². The van der Waals surface area contributed by atoms with Gasteiger partial charge in [0, 0.05) is 39.2 Å². The maximum absolute atomic E-state index is 6.73. The lowest BCUT2D eigenvalue weighted by molar-refractivity contribution is 0.908. The molecule has 146 valence electrons. The Hall–Kier alpha value is -2.18. The summed E-state index contributed by atoms with van der Waals surface area (Å²) in [5, 5.41) is 4.25. The predicted octanol–water partition coefficient (Wildman–Crippen LogP) is 6.75. The quantitative estimate of drug-likeness (QED) is 0.427. The van der Waals surface area contributed by atoms with Crippen molar-refractivity contribution >= 4 is 58.6 Å². The van der Waals surface area contributed by atoms with E-state index in [0.717, 1.165) is 21.8 Å². The zero-order chi connectivity index (χ0) is 20.2. The minimum Gasteiger partial charge on any atom is -0.299 e. The van der Waals surface area contributed by atoms with Crippen LogP contribution in [0, 0.1) is 0 Å². The molecule has 0 fully saturated rings. The molecule has 1 atom stereocenters. The molecule has 4 rings (SSSR count). The van der Waals surface area contributed by atoms with Crippen molar-refractivity contribution in [2.24, 2.45) is 4.99 Å². The number of hydrazine groups is 1. The average Bonchev–Trinajstić information content (AvgIpc) is 2.74. The number of rotatable bonds is 5. The maximum atomic E-state index is 6.73. The van der Waals surface area contributed by atoms with Gasteiger partial charge in [0.15, 0.2) is 0 Å². The molecule has 3 aromatic rings. The van der Waals surface area contributed by atoms with Gasteiger partial charge in [-0.15, -0.1) is 0 Å². The smallest absolute Gasteiger partial charge is 0.115 e. The third-order valence-corrected chi connectivity index (χ3v) is 6.31. The molecule has 2 aromatic carbocycles. The highest BCUT2D eigenvalue weighted by atomic mass is 35.5. The van der Waals surface area contributed by atoms with Crippen molar-refractivity contribution in [3.05, 3.63) is 99.4 Å². The minimum absolute atomic E-state index is 0.154. The summed E-state index contributed by atoms with van der Waals surface area (Å²) in [5.74, 6) is 0. The molecular formula is C21H15Cl3N4S. The molecule has 0 amide bonds. The van der Waals surface area contributed by atoms with Gasteiger partial charge in [0.2, 0.25) is 0 Å². The number of hydrogen-bond donors (Lipinski definition) is 1. The predicted molar refractivity (Wildman–Crippen MR) is 123 cm³/mol. The van der Waals surface area contributed by atoms with E-state index in [2.05, 4.69) is 15.4 Å². The van der Waals surface area contributed by atoms with Crippen molar-refractivity contribution in [3.63, 3.8) is 0 Å². The molecular weight excluding hydrogens is 447 g/mol. The third-order valence-electron chi connectivity index (χ3n) is 4.21. The van der Waals surface area contributed by atoms with Crippen molar-refractivity contribution < 1.29 is 0 Å². The van der Waals surface area contributed by atoms with E-state index in [9.17, 15) is 0 Å². The summed E-state index contributed by atoms with van der Waals surface area (Å²) in [7, 11) is 0. The van der Waals surface area contributed by atoms with Gasteiger partial charge in [0.25, 0.3) is 0 Å². The zero-order valence-corrected chi connectivity index (χ0v) is 18.1. The van der Waals surface area contributed by atoms with Crippen molar-refractivity contribution in [3.8, 4) is 0 Å². The Morgan fingerprint density at radius 3 is 2.34 bits per heavy atom.